The molecule has 0 aliphatic carbocycles. The van der Waals surface area contributed by atoms with Crippen molar-refractivity contribution in [1.29, 1.82) is 0 Å². The van der Waals surface area contributed by atoms with Crippen LogP contribution in [-0.4, -0.2) is 34.8 Å². The summed E-state index contributed by atoms with van der Waals surface area (Å²) in [6.07, 6.45) is 7.21. The van der Waals surface area contributed by atoms with Crippen molar-refractivity contribution in [3.63, 3.8) is 0 Å². The molecule has 0 amide bonds. The van der Waals surface area contributed by atoms with Gasteiger partial charge in [0.2, 0.25) is 0 Å². The van der Waals surface area contributed by atoms with Crippen molar-refractivity contribution in [2.75, 3.05) is 26.2 Å². The third kappa shape index (κ3) is 24.6. The van der Waals surface area contributed by atoms with Crippen molar-refractivity contribution in [3.8, 4) is 0 Å². The van der Waals surface area contributed by atoms with Gasteiger partial charge in [0.15, 0.2) is 0 Å². The van der Waals surface area contributed by atoms with Gasteiger partial charge in [0.1, 0.15) is 0 Å². The molecule has 0 saturated heterocycles. The highest BCUT2D eigenvalue weighted by Gasteiger charge is 1.88. The maximum Gasteiger partial charge on any atom is 0.0269 e. The van der Waals surface area contributed by atoms with Gasteiger partial charge >= 0.3 is 0 Å². The first-order valence-corrected chi connectivity index (χ1v) is 5.73. The van der Waals surface area contributed by atoms with Gasteiger partial charge in [-0.25, -0.2) is 8.61 Å². The van der Waals surface area contributed by atoms with E-state index in [-0.39, 0.29) is 9.41 Å². The first kappa shape index (κ1) is 26.1. The SMILES string of the molecule is C=CCN(S)CC=C.C=CCN(S)CC=C.F.F. The number of halogens is 2. The lowest BCUT2D eigenvalue weighted by molar-refractivity contribution is 0.588. The lowest BCUT2D eigenvalue weighted by atomic mass is 10.5. The maximum atomic E-state index is 4.08. The predicted octanol–water partition coefficient (Wildman–Crippen LogP) is 3.32. The predicted molar refractivity (Wildman–Crippen MR) is 86.9 cm³/mol. The van der Waals surface area contributed by atoms with Crippen molar-refractivity contribution >= 4 is 25.6 Å². The Balaban J connectivity index is -0.0000000980. The molecule has 0 aromatic carbocycles. The van der Waals surface area contributed by atoms with Crippen molar-refractivity contribution in [1.82, 2.24) is 8.61 Å². The summed E-state index contributed by atoms with van der Waals surface area (Å²) >= 11 is 8.16. The van der Waals surface area contributed by atoms with Crippen LogP contribution in [0.2, 0.25) is 0 Å². The van der Waals surface area contributed by atoms with E-state index in [9.17, 15) is 0 Å². The minimum atomic E-state index is 0. The van der Waals surface area contributed by atoms with E-state index in [0.29, 0.717) is 0 Å². The topological polar surface area (TPSA) is 6.48 Å². The minimum absolute atomic E-state index is 0. The summed E-state index contributed by atoms with van der Waals surface area (Å²) in [5.74, 6) is 0. The molecule has 6 heteroatoms. The van der Waals surface area contributed by atoms with Crippen molar-refractivity contribution < 1.29 is 9.41 Å². The molecule has 0 N–H and O–H groups in total. The molecule has 0 fully saturated rings. The van der Waals surface area contributed by atoms with Crippen LogP contribution in [-0.2, 0) is 0 Å². The van der Waals surface area contributed by atoms with Crippen LogP contribution in [0.5, 0.6) is 0 Å². The van der Waals surface area contributed by atoms with Gasteiger partial charge in [0.25, 0.3) is 0 Å². The Labute approximate surface area is 121 Å². The van der Waals surface area contributed by atoms with E-state index < -0.39 is 0 Å². The summed E-state index contributed by atoms with van der Waals surface area (Å²) in [4.78, 5) is 0. The second-order valence-corrected chi connectivity index (χ2v) is 4.03. The molecule has 0 saturated carbocycles. The van der Waals surface area contributed by atoms with Gasteiger partial charge in [-0.15, -0.1) is 26.3 Å². The second kappa shape index (κ2) is 21.7. The minimum Gasteiger partial charge on any atom is -0.269 e. The smallest absolute Gasteiger partial charge is 0.0269 e. The third-order valence-corrected chi connectivity index (χ3v) is 2.01. The summed E-state index contributed by atoms with van der Waals surface area (Å²) in [5, 5.41) is 0. The Morgan fingerprint density at radius 1 is 0.611 bits per heavy atom. The highest BCUT2D eigenvalue weighted by Crippen LogP contribution is 1.91. The molecule has 0 aliphatic heterocycles. The van der Waals surface area contributed by atoms with Crippen LogP contribution < -0.4 is 0 Å². The van der Waals surface area contributed by atoms with Gasteiger partial charge in [0.05, 0.1) is 0 Å². The van der Waals surface area contributed by atoms with Crippen LogP contribution in [0.25, 0.3) is 0 Å². The van der Waals surface area contributed by atoms with Crippen LogP contribution in [0, 0.1) is 0 Å². The fourth-order valence-corrected chi connectivity index (χ4v) is 1.21. The molecule has 0 aromatic heterocycles. The van der Waals surface area contributed by atoms with Crippen molar-refractivity contribution in [2.45, 2.75) is 0 Å². The van der Waals surface area contributed by atoms with E-state index in [0.717, 1.165) is 26.2 Å². The molecule has 0 radical (unpaired) electrons. The summed E-state index contributed by atoms with van der Waals surface area (Å²) in [6.45, 7) is 17.4. The third-order valence-electron chi connectivity index (χ3n) is 1.36. The van der Waals surface area contributed by atoms with E-state index in [1.54, 1.807) is 24.3 Å². The zero-order valence-corrected chi connectivity index (χ0v) is 12.4. The monoisotopic (exact) mass is 298 g/mol. The fraction of sp³-hybridized carbons (Fsp3) is 0.333. The van der Waals surface area contributed by atoms with Gasteiger partial charge in [-0.1, -0.05) is 49.9 Å². The van der Waals surface area contributed by atoms with E-state index in [1.165, 1.54) is 0 Å². The van der Waals surface area contributed by atoms with Crippen molar-refractivity contribution in [2.24, 2.45) is 0 Å². The molecular weight excluding hydrogens is 274 g/mol. The molecule has 0 heterocycles. The molecule has 0 rings (SSSR count). The Morgan fingerprint density at radius 2 is 0.778 bits per heavy atom. The number of hydrogen-bond acceptors (Lipinski definition) is 4. The summed E-state index contributed by atoms with van der Waals surface area (Å²) in [7, 11) is 0. The molecule has 0 bridgehead atoms. The molecule has 0 spiro atoms. The molecule has 0 atom stereocenters. The summed E-state index contributed by atoms with van der Waals surface area (Å²) in [5.41, 5.74) is 0. The lowest BCUT2D eigenvalue weighted by Gasteiger charge is -2.07. The average Bonchev–Trinajstić information content (AvgIpc) is 2.20. The first-order valence-electron chi connectivity index (χ1n) is 4.93. The molecule has 0 unspecified atom stereocenters. The van der Waals surface area contributed by atoms with Gasteiger partial charge in [-0.2, -0.15) is 0 Å². The largest absolute Gasteiger partial charge is 0.269 e. The van der Waals surface area contributed by atoms with E-state index in [1.807, 2.05) is 8.61 Å². The maximum absolute atomic E-state index is 4.08. The second-order valence-electron chi connectivity index (χ2n) is 2.90. The Bertz CT molecular complexity index is 172. The van der Waals surface area contributed by atoms with Crippen LogP contribution in [0.15, 0.2) is 50.6 Å². The van der Waals surface area contributed by atoms with Crippen LogP contribution in [0.3, 0.4) is 0 Å². The van der Waals surface area contributed by atoms with E-state index in [2.05, 4.69) is 51.9 Å². The summed E-state index contributed by atoms with van der Waals surface area (Å²) < 4.78 is 3.64. The molecule has 108 valence electrons. The number of thiol groups is 2. The molecular formula is C12H24F2N2S2. The number of nitrogens with zero attached hydrogens (tertiary/aromatic N) is 2. The average molecular weight is 298 g/mol. The lowest BCUT2D eigenvalue weighted by Crippen LogP contribution is -2.10. The van der Waals surface area contributed by atoms with Crippen LogP contribution in [0.1, 0.15) is 0 Å². The summed E-state index contributed by atoms with van der Waals surface area (Å²) in [6, 6.07) is 0. The Kier molecular flexibility index (Phi) is 31.5. The molecule has 0 aromatic rings. The van der Waals surface area contributed by atoms with Crippen molar-refractivity contribution in [3.05, 3.63) is 50.6 Å². The zero-order chi connectivity index (χ0) is 12.8. The zero-order valence-electron chi connectivity index (χ0n) is 10.6. The molecule has 0 aliphatic rings. The highest BCUT2D eigenvalue weighted by molar-refractivity contribution is 7.77. The normalized spacial score (nSPS) is 8.22. The van der Waals surface area contributed by atoms with E-state index in [4.69, 9.17) is 0 Å². The number of rotatable bonds is 8. The van der Waals surface area contributed by atoms with Gasteiger partial charge in [-0.05, 0) is 0 Å². The molecule has 18 heavy (non-hydrogen) atoms. The highest BCUT2D eigenvalue weighted by atomic mass is 32.1. The Morgan fingerprint density at radius 3 is 0.889 bits per heavy atom. The number of hydrogen-bond donors (Lipinski definition) is 2. The standard InChI is InChI=1S/2C6H11NS.2FH/c2*1-3-5-7(8)6-4-2;;/h2*3-4,8H,1-2,5-6H2;2*1H. The Hall–Kier alpha value is -0.560. The molecule has 2 nitrogen and oxygen atoms in total. The fourth-order valence-electron chi connectivity index (χ4n) is 0.745. The van der Waals surface area contributed by atoms with Gasteiger partial charge < -0.3 is 0 Å². The van der Waals surface area contributed by atoms with Crippen LogP contribution >= 0.6 is 25.6 Å². The van der Waals surface area contributed by atoms with E-state index >= 15 is 0 Å². The first-order chi connectivity index (χ1) is 7.62. The van der Waals surface area contributed by atoms with Gasteiger partial charge in [0, 0.05) is 26.2 Å². The quantitative estimate of drug-likeness (QED) is 0.524. The van der Waals surface area contributed by atoms with Crippen LogP contribution in [0.4, 0.5) is 9.41 Å². The van der Waals surface area contributed by atoms with Gasteiger partial charge in [-0.3, -0.25) is 9.41 Å².